The lowest BCUT2D eigenvalue weighted by molar-refractivity contribution is 0.0948. The number of amides is 1. The normalized spacial score (nSPS) is 12.5. The second kappa shape index (κ2) is 7.17. The molecule has 8 heteroatoms. The molecule has 0 radical (unpaired) electrons. The molecule has 1 aromatic rings. The minimum Gasteiger partial charge on any atom is -0.351 e. The van der Waals surface area contributed by atoms with Crippen molar-refractivity contribution in [2.24, 2.45) is 0 Å². The van der Waals surface area contributed by atoms with Crippen LogP contribution in [0.15, 0.2) is 18.2 Å². The van der Waals surface area contributed by atoms with Gasteiger partial charge >= 0.3 is 0 Å². The van der Waals surface area contributed by atoms with Crippen LogP contribution in [0.2, 0.25) is 10.0 Å². The Hall–Kier alpha value is -0.820. The summed E-state index contributed by atoms with van der Waals surface area (Å²) in [6.07, 6.45) is 1.15. The van der Waals surface area contributed by atoms with Crippen LogP contribution in [0.3, 0.4) is 0 Å². The van der Waals surface area contributed by atoms with E-state index in [0.717, 1.165) is 6.26 Å². The Labute approximate surface area is 141 Å². The van der Waals surface area contributed by atoms with Gasteiger partial charge in [-0.3, -0.25) is 4.79 Å². The van der Waals surface area contributed by atoms with Crippen LogP contribution in [0.5, 0.6) is 0 Å². The molecule has 0 aliphatic rings. The van der Waals surface area contributed by atoms with Crippen LogP contribution in [0.25, 0.3) is 0 Å². The Balaban J connectivity index is 2.69. The Morgan fingerprint density at radius 2 is 1.82 bits per heavy atom. The van der Waals surface area contributed by atoms with Crippen LogP contribution < -0.4 is 5.32 Å². The van der Waals surface area contributed by atoms with Crippen molar-refractivity contribution in [1.29, 1.82) is 0 Å². The number of rotatable bonds is 5. The van der Waals surface area contributed by atoms with Crippen LogP contribution in [0, 0.1) is 0 Å². The summed E-state index contributed by atoms with van der Waals surface area (Å²) < 4.78 is 24.9. The molecule has 1 rings (SSSR count). The fraction of sp³-hybridized carbons (Fsp3) is 0.500. The van der Waals surface area contributed by atoms with Gasteiger partial charge in [0.05, 0.1) is 16.3 Å². The van der Waals surface area contributed by atoms with E-state index in [1.54, 1.807) is 26.8 Å². The van der Waals surface area contributed by atoms with Gasteiger partial charge < -0.3 is 5.32 Å². The highest BCUT2D eigenvalue weighted by Crippen LogP contribution is 2.22. The number of nitrogens with zero attached hydrogens (tertiary/aromatic N) is 1. The molecule has 0 fully saturated rings. The summed E-state index contributed by atoms with van der Waals surface area (Å²) in [7, 11) is -3.35. The molecule has 5 nitrogen and oxygen atoms in total. The van der Waals surface area contributed by atoms with Crippen LogP contribution >= 0.6 is 23.2 Å². The summed E-state index contributed by atoms with van der Waals surface area (Å²) in [5.41, 5.74) is -0.182. The number of hydrogen-bond donors (Lipinski definition) is 1. The highest BCUT2D eigenvalue weighted by molar-refractivity contribution is 7.88. The van der Waals surface area contributed by atoms with Gasteiger partial charge in [0.2, 0.25) is 10.0 Å². The zero-order valence-electron chi connectivity index (χ0n) is 13.0. The molecular formula is C14H20Cl2N2O3S. The van der Waals surface area contributed by atoms with E-state index in [1.807, 2.05) is 0 Å². The third-order valence-corrected chi connectivity index (χ3v) is 5.20. The van der Waals surface area contributed by atoms with Crippen LogP contribution in [-0.2, 0) is 10.0 Å². The Morgan fingerprint density at radius 3 is 2.27 bits per heavy atom. The molecule has 22 heavy (non-hydrogen) atoms. The minimum absolute atomic E-state index is 0.190. The Morgan fingerprint density at radius 1 is 1.23 bits per heavy atom. The number of sulfonamides is 1. The van der Waals surface area contributed by atoms with E-state index in [4.69, 9.17) is 23.2 Å². The molecule has 0 bridgehead atoms. The molecule has 1 N–H and O–H groups in total. The molecule has 0 spiro atoms. The fourth-order valence-corrected chi connectivity index (χ4v) is 3.73. The van der Waals surface area contributed by atoms with E-state index in [0.29, 0.717) is 15.6 Å². The van der Waals surface area contributed by atoms with E-state index in [-0.39, 0.29) is 19.0 Å². The lowest BCUT2D eigenvalue weighted by atomic mass is 10.1. The van der Waals surface area contributed by atoms with Crippen molar-refractivity contribution in [3.05, 3.63) is 33.8 Å². The summed E-state index contributed by atoms with van der Waals surface area (Å²) in [5, 5.41) is 3.34. The first-order valence-electron chi connectivity index (χ1n) is 6.64. The first-order valence-corrected chi connectivity index (χ1v) is 9.24. The smallest absolute Gasteiger partial charge is 0.251 e. The van der Waals surface area contributed by atoms with Gasteiger partial charge in [0.25, 0.3) is 5.91 Å². The van der Waals surface area contributed by atoms with E-state index in [2.05, 4.69) is 5.32 Å². The largest absolute Gasteiger partial charge is 0.351 e. The van der Waals surface area contributed by atoms with Crippen molar-refractivity contribution in [2.75, 3.05) is 19.3 Å². The molecule has 0 heterocycles. The minimum atomic E-state index is -3.35. The van der Waals surface area contributed by atoms with E-state index in [9.17, 15) is 13.2 Å². The predicted molar refractivity (Wildman–Crippen MR) is 90.1 cm³/mol. The number of carbonyl (C=O) groups is 1. The summed E-state index contributed by atoms with van der Waals surface area (Å²) >= 11 is 11.7. The van der Waals surface area contributed by atoms with Crippen LogP contribution in [0.1, 0.15) is 31.1 Å². The molecule has 0 atom stereocenters. The maximum Gasteiger partial charge on any atom is 0.251 e. The van der Waals surface area contributed by atoms with E-state index >= 15 is 0 Å². The molecule has 1 aromatic carbocycles. The maximum atomic E-state index is 12.0. The van der Waals surface area contributed by atoms with Gasteiger partial charge in [-0.2, -0.15) is 4.31 Å². The number of carbonyl (C=O) groups excluding carboxylic acids is 1. The van der Waals surface area contributed by atoms with Crippen molar-refractivity contribution < 1.29 is 13.2 Å². The van der Waals surface area contributed by atoms with Crippen molar-refractivity contribution in [2.45, 2.75) is 26.3 Å². The average Bonchev–Trinajstić information content (AvgIpc) is 2.34. The van der Waals surface area contributed by atoms with Crippen LogP contribution in [-0.4, -0.2) is 43.5 Å². The monoisotopic (exact) mass is 366 g/mol. The summed E-state index contributed by atoms with van der Waals surface area (Å²) in [4.78, 5) is 12.0. The first kappa shape index (κ1) is 19.2. The van der Waals surface area contributed by atoms with Crippen LogP contribution in [0.4, 0.5) is 0 Å². The third-order valence-electron chi connectivity index (χ3n) is 2.93. The second-order valence-electron chi connectivity index (χ2n) is 5.89. The molecule has 0 saturated carbocycles. The van der Waals surface area contributed by atoms with E-state index < -0.39 is 15.6 Å². The first-order chi connectivity index (χ1) is 9.93. The van der Waals surface area contributed by atoms with Gasteiger partial charge in [0.1, 0.15) is 0 Å². The summed E-state index contributed by atoms with van der Waals surface area (Å²) in [6, 6.07) is 4.57. The molecule has 1 amide bonds. The topological polar surface area (TPSA) is 66.5 Å². The van der Waals surface area contributed by atoms with Crippen molar-refractivity contribution in [3.8, 4) is 0 Å². The quantitative estimate of drug-likeness (QED) is 0.870. The van der Waals surface area contributed by atoms with Gasteiger partial charge in [-0.25, -0.2) is 8.42 Å². The molecule has 0 aliphatic carbocycles. The zero-order valence-corrected chi connectivity index (χ0v) is 15.3. The molecule has 0 aliphatic heterocycles. The van der Waals surface area contributed by atoms with E-state index in [1.165, 1.54) is 16.4 Å². The Bertz CT molecular complexity index is 655. The molecule has 124 valence electrons. The summed E-state index contributed by atoms with van der Waals surface area (Å²) in [6.45, 7) is 5.79. The predicted octanol–water partition coefficient (Wildman–Crippen LogP) is 2.78. The molecule has 0 unspecified atom stereocenters. The number of nitrogens with one attached hydrogen (secondary N) is 1. The van der Waals surface area contributed by atoms with Gasteiger partial charge in [-0.05, 0) is 39.0 Å². The standard InChI is InChI=1S/C14H20Cl2N2O3S/c1-14(2,3)18(22(4,20)21)8-7-17-13(19)10-5-6-11(15)12(16)9-10/h5-6,9H,7-8H2,1-4H3,(H,17,19). The van der Waals surface area contributed by atoms with Gasteiger partial charge in [-0.15, -0.1) is 0 Å². The lowest BCUT2D eigenvalue weighted by Crippen LogP contribution is -2.48. The van der Waals surface area contributed by atoms with Crippen molar-refractivity contribution in [3.63, 3.8) is 0 Å². The molecular weight excluding hydrogens is 347 g/mol. The Kier molecular flexibility index (Phi) is 6.27. The highest BCUT2D eigenvalue weighted by Gasteiger charge is 2.29. The fourth-order valence-electron chi connectivity index (χ4n) is 2.01. The number of hydrogen-bond acceptors (Lipinski definition) is 3. The second-order valence-corrected chi connectivity index (χ2v) is 8.61. The van der Waals surface area contributed by atoms with Gasteiger partial charge in [0, 0.05) is 24.2 Å². The van der Waals surface area contributed by atoms with Crippen molar-refractivity contribution in [1.82, 2.24) is 9.62 Å². The molecule has 0 saturated heterocycles. The maximum absolute atomic E-state index is 12.0. The summed E-state index contributed by atoms with van der Waals surface area (Å²) in [5.74, 6) is -0.332. The zero-order chi connectivity index (χ0) is 17.1. The lowest BCUT2D eigenvalue weighted by Gasteiger charge is -2.33. The third kappa shape index (κ3) is 5.43. The van der Waals surface area contributed by atoms with Gasteiger partial charge in [-0.1, -0.05) is 23.2 Å². The highest BCUT2D eigenvalue weighted by atomic mass is 35.5. The average molecular weight is 367 g/mol. The number of benzene rings is 1. The number of halogens is 2. The van der Waals surface area contributed by atoms with Crippen molar-refractivity contribution >= 4 is 39.1 Å². The molecule has 0 aromatic heterocycles. The van der Waals surface area contributed by atoms with Gasteiger partial charge in [0.15, 0.2) is 0 Å². The SMILES string of the molecule is CC(C)(C)N(CCNC(=O)c1ccc(Cl)c(Cl)c1)S(C)(=O)=O.